The summed E-state index contributed by atoms with van der Waals surface area (Å²) < 4.78 is 14.9. The Balaban J connectivity index is 3.60. The van der Waals surface area contributed by atoms with Gasteiger partial charge in [-0.1, -0.05) is 15.9 Å². The highest BCUT2D eigenvalue weighted by Crippen LogP contribution is 2.59. The van der Waals surface area contributed by atoms with Gasteiger partial charge in [-0.05, 0) is 22.5 Å². The van der Waals surface area contributed by atoms with Gasteiger partial charge in [0.1, 0.15) is 5.01 Å². The van der Waals surface area contributed by atoms with E-state index in [4.69, 9.17) is 34.1 Å². The van der Waals surface area contributed by atoms with Crippen molar-refractivity contribution in [1.82, 2.24) is 0 Å². The van der Waals surface area contributed by atoms with E-state index in [0.717, 1.165) is 0 Å². The topological polar surface area (TPSA) is 26.3 Å². The van der Waals surface area contributed by atoms with Gasteiger partial charge in [0, 0.05) is 0 Å². The van der Waals surface area contributed by atoms with Gasteiger partial charge in [-0.15, -0.1) is 11.6 Å². The molecule has 1 unspecified atom stereocenters. The van der Waals surface area contributed by atoms with Crippen molar-refractivity contribution < 1.29 is 9.09 Å². The van der Waals surface area contributed by atoms with Gasteiger partial charge >= 0.3 is 6.07 Å². The molecule has 0 radical (unpaired) electrons. The van der Waals surface area contributed by atoms with Crippen LogP contribution in [0.25, 0.3) is 0 Å². The first-order valence-electron chi connectivity index (χ1n) is 1.83. The molecule has 2 nitrogen and oxygen atoms in total. The molecule has 0 aliphatic carbocycles. The van der Waals surface area contributed by atoms with Gasteiger partial charge in [-0.2, -0.15) is 0 Å². The molecule has 0 bridgehead atoms. The van der Waals surface area contributed by atoms with Crippen molar-refractivity contribution in [1.29, 1.82) is 0 Å². The fourth-order valence-corrected chi connectivity index (χ4v) is 2.51. The Morgan fingerprint density at radius 1 is 1.67 bits per heavy atom. The number of rotatable bonds is 3. The third-order valence-corrected chi connectivity index (χ3v) is 2.79. The van der Waals surface area contributed by atoms with E-state index < -0.39 is 11.1 Å². The van der Waals surface area contributed by atoms with Crippen LogP contribution in [0.1, 0.15) is 0 Å². The van der Waals surface area contributed by atoms with Crippen molar-refractivity contribution in [3.05, 3.63) is 0 Å². The van der Waals surface area contributed by atoms with Gasteiger partial charge < -0.3 is 0 Å². The Morgan fingerprint density at radius 3 is 2.22 bits per heavy atom. The van der Waals surface area contributed by atoms with Crippen molar-refractivity contribution in [3.8, 4) is 0 Å². The average Bonchev–Trinajstić information content (AvgIpc) is 1.62. The highest BCUT2D eigenvalue weighted by Gasteiger charge is 2.18. The predicted molar refractivity (Wildman–Crippen MR) is 43.8 cm³/mol. The fourth-order valence-electron chi connectivity index (χ4n) is 0.161. The molecule has 0 amide bonds. The standard InChI is InChI=1S/C2H3BrCl3O2P/c3-2(1-4)8-9(5,6)7/h2H,1H2. The van der Waals surface area contributed by atoms with Crippen molar-refractivity contribution in [3.63, 3.8) is 0 Å². The first-order valence-corrected chi connectivity index (χ1v) is 6.72. The molecule has 7 heteroatoms. The largest absolute Gasteiger partial charge is 0.381 e. The lowest BCUT2D eigenvalue weighted by Crippen LogP contribution is -1.99. The summed E-state index contributed by atoms with van der Waals surface area (Å²) in [5.41, 5.74) is 0. The Hall–Kier alpha value is 1.54. The highest BCUT2D eigenvalue weighted by molar-refractivity contribution is 9.09. The molecule has 0 aromatic rings. The normalized spacial score (nSPS) is 15.6. The summed E-state index contributed by atoms with van der Waals surface area (Å²) in [7, 11) is 0. The van der Waals surface area contributed by atoms with Gasteiger partial charge in [0.05, 0.1) is 5.88 Å². The second-order valence-corrected chi connectivity index (χ2v) is 6.64. The molecule has 0 heterocycles. The third kappa shape index (κ3) is 7.44. The van der Waals surface area contributed by atoms with Crippen LogP contribution in [0.2, 0.25) is 0 Å². The van der Waals surface area contributed by atoms with E-state index in [0.29, 0.717) is 0 Å². The zero-order valence-corrected chi connectivity index (χ0v) is 8.81. The Morgan fingerprint density at radius 2 is 2.11 bits per heavy atom. The van der Waals surface area contributed by atoms with Crippen molar-refractivity contribution in [2.24, 2.45) is 0 Å². The van der Waals surface area contributed by atoms with Gasteiger partial charge in [0.15, 0.2) is 0 Å². The van der Waals surface area contributed by atoms with E-state index in [1.165, 1.54) is 0 Å². The van der Waals surface area contributed by atoms with E-state index in [1.54, 1.807) is 0 Å². The first kappa shape index (κ1) is 10.5. The number of halogens is 4. The lowest BCUT2D eigenvalue weighted by molar-refractivity contribution is 0.333. The summed E-state index contributed by atoms with van der Waals surface area (Å²) in [5, 5.41) is -0.556. The maximum absolute atomic E-state index is 10.4. The Labute approximate surface area is 76.0 Å². The second kappa shape index (κ2) is 4.42. The van der Waals surface area contributed by atoms with Crippen molar-refractivity contribution in [2.75, 3.05) is 5.88 Å². The number of hydrogen-bond acceptors (Lipinski definition) is 2. The summed E-state index contributed by atoms with van der Waals surface area (Å²) >= 11 is 18.2. The molecule has 9 heavy (non-hydrogen) atoms. The van der Waals surface area contributed by atoms with Gasteiger partial charge in [0.2, 0.25) is 0 Å². The fraction of sp³-hybridized carbons (Fsp3) is 1.00. The van der Waals surface area contributed by atoms with Crippen LogP contribution in [0.4, 0.5) is 0 Å². The molecule has 0 spiro atoms. The maximum atomic E-state index is 10.4. The van der Waals surface area contributed by atoms with Gasteiger partial charge in [-0.25, -0.2) is 0 Å². The molecule has 1 atom stereocenters. The van der Waals surface area contributed by atoms with Gasteiger partial charge in [-0.3, -0.25) is 9.09 Å². The second-order valence-electron chi connectivity index (χ2n) is 1.08. The molecule has 0 saturated heterocycles. The number of alkyl halides is 2. The number of hydrogen-bond donors (Lipinski definition) is 0. The van der Waals surface area contributed by atoms with E-state index in [1.807, 2.05) is 0 Å². The summed E-state index contributed by atoms with van der Waals surface area (Å²) in [6, 6.07) is 0. The monoisotopic (exact) mass is 274 g/mol. The van der Waals surface area contributed by atoms with E-state index in [2.05, 4.69) is 20.5 Å². The van der Waals surface area contributed by atoms with Crippen LogP contribution in [0.3, 0.4) is 0 Å². The van der Waals surface area contributed by atoms with Crippen LogP contribution < -0.4 is 0 Å². The molecule has 0 rings (SSSR count). The van der Waals surface area contributed by atoms with Crippen molar-refractivity contribution >= 4 is 56.1 Å². The molecule has 0 aromatic heterocycles. The average molecular weight is 276 g/mol. The summed E-state index contributed by atoms with van der Waals surface area (Å²) in [5.74, 6) is 0.142. The van der Waals surface area contributed by atoms with E-state index >= 15 is 0 Å². The molecular weight excluding hydrogens is 273 g/mol. The molecule has 0 saturated carbocycles. The summed E-state index contributed by atoms with van der Waals surface area (Å²) in [6.07, 6.45) is -3.43. The molecule has 0 N–H and O–H groups in total. The van der Waals surface area contributed by atoms with Crippen LogP contribution >= 0.6 is 56.1 Å². The van der Waals surface area contributed by atoms with Crippen LogP contribution in [-0.4, -0.2) is 10.9 Å². The van der Waals surface area contributed by atoms with Crippen LogP contribution in [-0.2, 0) is 9.09 Å². The molecule has 0 aliphatic rings. The minimum absolute atomic E-state index is 0.142. The van der Waals surface area contributed by atoms with Gasteiger partial charge in [0.25, 0.3) is 0 Å². The van der Waals surface area contributed by atoms with E-state index in [9.17, 15) is 4.57 Å². The predicted octanol–water partition coefficient (Wildman–Crippen LogP) is 3.55. The molecular formula is C2H3BrCl3O2P. The van der Waals surface area contributed by atoms with Crippen molar-refractivity contribution in [2.45, 2.75) is 5.01 Å². The van der Waals surface area contributed by atoms with Crippen LogP contribution in [0.15, 0.2) is 0 Å². The Bertz CT molecular complexity index is 125. The third-order valence-electron chi connectivity index (χ3n) is 0.358. The Kier molecular flexibility index (Phi) is 5.18. The smallest absolute Gasteiger partial charge is 0.290 e. The van der Waals surface area contributed by atoms with Crippen LogP contribution in [0.5, 0.6) is 0 Å². The van der Waals surface area contributed by atoms with Crippen LogP contribution in [0, 0.1) is 0 Å². The minimum atomic E-state index is -3.43. The summed E-state index contributed by atoms with van der Waals surface area (Å²) in [4.78, 5) is 0. The van der Waals surface area contributed by atoms with E-state index in [-0.39, 0.29) is 5.88 Å². The zero-order chi connectivity index (χ0) is 7.49. The molecule has 0 aromatic carbocycles. The lowest BCUT2D eigenvalue weighted by Gasteiger charge is -2.06. The minimum Gasteiger partial charge on any atom is -0.290 e. The maximum Gasteiger partial charge on any atom is 0.381 e. The lowest BCUT2D eigenvalue weighted by atomic mass is 10.9. The molecule has 0 fully saturated rings. The molecule has 56 valence electrons. The highest BCUT2D eigenvalue weighted by atomic mass is 79.9. The SMILES string of the molecule is O=P(Cl)(Cl)OC(Br)CCl. The summed E-state index contributed by atoms with van der Waals surface area (Å²) in [6.45, 7) is 0. The quantitative estimate of drug-likeness (QED) is 0.582. The first-order chi connectivity index (χ1) is 3.95. The zero-order valence-electron chi connectivity index (χ0n) is 4.06. The molecule has 0 aliphatic heterocycles.